The second-order valence-electron chi connectivity index (χ2n) is 4.02. The summed E-state index contributed by atoms with van der Waals surface area (Å²) >= 11 is 0. The maximum atomic E-state index is 13.0. The van der Waals surface area contributed by atoms with Crippen LogP contribution in [0, 0.1) is 0 Å². The van der Waals surface area contributed by atoms with E-state index in [0.29, 0.717) is 11.5 Å². The molecular formula is C13H9BF3N3O. The molecule has 2 aromatic heterocycles. The van der Waals surface area contributed by atoms with Crippen LogP contribution in [-0.4, -0.2) is 24.7 Å². The Bertz CT molecular complexity index is 661. The average Bonchev–Trinajstić information content (AvgIpc) is 2.93. The quantitative estimate of drug-likeness (QED) is 0.695. The lowest BCUT2D eigenvalue weighted by Crippen LogP contribution is -2.22. The number of hydrogen-bond donors (Lipinski definition) is 1. The summed E-state index contributed by atoms with van der Waals surface area (Å²) in [7, 11) is 5.41. The van der Waals surface area contributed by atoms with Crippen LogP contribution in [0.1, 0.15) is 5.76 Å². The number of nitrogens with zero attached hydrogens (tertiary/aromatic N) is 2. The molecule has 2 N–H and O–H groups in total. The minimum atomic E-state index is -4.68. The van der Waals surface area contributed by atoms with Gasteiger partial charge in [0.25, 0.3) is 0 Å². The summed E-state index contributed by atoms with van der Waals surface area (Å²) in [5.74, 6) is -0.00256. The number of alkyl halides is 3. The Morgan fingerprint density at radius 3 is 2.62 bits per heavy atom. The molecule has 2 heterocycles. The van der Waals surface area contributed by atoms with Gasteiger partial charge in [-0.1, -0.05) is 11.5 Å². The normalized spacial score (nSPS) is 13.5. The van der Waals surface area contributed by atoms with Crippen molar-refractivity contribution in [2.24, 2.45) is 10.7 Å². The van der Waals surface area contributed by atoms with E-state index in [1.807, 2.05) is 0 Å². The van der Waals surface area contributed by atoms with Crippen LogP contribution < -0.4 is 11.2 Å². The zero-order valence-electron chi connectivity index (χ0n) is 10.6. The molecule has 0 atom stereocenters. The van der Waals surface area contributed by atoms with Gasteiger partial charge in [0.05, 0.1) is 12.0 Å². The van der Waals surface area contributed by atoms with Gasteiger partial charge < -0.3 is 10.2 Å². The minimum Gasteiger partial charge on any atom is -0.463 e. The second-order valence-corrected chi connectivity index (χ2v) is 4.02. The molecular weight excluding hydrogens is 282 g/mol. The van der Waals surface area contributed by atoms with Crippen molar-refractivity contribution < 1.29 is 17.6 Å². The lowest BCUT2D eigenvalue weighted by molar-refractivity contribution is -0.0576. The van der Waals surface area contributed by atoms with Gasteiger partial charge in [-0.2, -0.15) is 13.2 Å². The number of allylic oxidation sites excluding steroid dienone is 1. The highest BCUT2D eigenvalue weighted by Crippen LogP contribution is 2.23. The second kappa shape index (κ2) is 5.86. The number of furan rings is 1. The molecule has 21 heavy (non-hydrogen) atoms. The van der Waals surface area contributed by atoms with Crippen LogP contribution in [0.4, 0.5) is 19.0 Å². The standard InChI is InChI=1S/C13H9BF3N3O/c14-8-3-4-12(19-7-8)20-11(13(15,16)17)6-9(18)10-2-1-5-21-10/h1-7H,18H2/b9-6-,20-11?. The Kier molecular flexibility index (Phi) is 4.16. The van der Waals surface area contributed by atoms with Gasteiger partial charge >= 0.3 is 6.18 Å². The summed E-state index contributed by atoms with van der Waals surface area (Å²) in [5, 5.41) is 0. The molecule has 0 bridgehead atoms. The molecule has 0 spiro atoms. The topological polar surface area (TPSA) is 64.4 Å². The molecule has 4 nitrogen and oxygen atoms in total. The largest absolute Gasteiger partial charge is 0.463 e. The van der Waals surface area contributed by atoms with Gasteiger partial charge in [0, 0.05) is 6.20 Å². The third-order valence-corrected chi connectivity index (χ3v) is 2.39. The maximum Gasteiger partial charge on any atom is 0.433 e. The lowest BCUT2D eigenvalue weighted by atomic mass is 9.99. The molecule has 0 aliphatic heterocycles. The monoisotopic (exact) mass is 291 g/mol. The van der Waals surface area contributed by atoms with E-state index in [2.05, 4.69) is 9.98 Å². The number of halogens is 3. The van der Waals surface area contributed by atoms with Crippen molar-refractivity contribution in [2.45, 2.75) is 6.18 Å². The Hall–Kier alpha value is -2.51. The molecule has 0 fully saturated rings. The predicted molar refractivity (Wildman–Crippen MR) is 73.6 cm³/mol. The number of rotatable bonds is 3. The average molecular weight is 291 g/mol. The SMILES string of the molecule is [B]c1ccc(N=C(/C=C(\N)c2ccco2)C(F)(F)F)nc1. The van der Waals surface area contributed by atoms with E-state index in [9.17, 15) is 13.2 Å². The van der Waals surface area contributed by atoms with Gasteiger partial charge in [-0.25, -0.2) is 9.98 Å². The van der Waals surface area contributed by atoms with Crippen LogP contribution in [0.3, 0.4) is 0 Å². The first-order valence-electron chi connectivity index (χ1n) is 5.75. The van der Waals surface area contributed by atoms with Crippen LogP contribution >= 0.6 is 0 Å². The van der Waals surface area contributed by atoms with E-state index in [1.54, 1.807) is 0 Å². The Morgan fingerprint density at radius 1 is 1.33 bits per heavy atom. The smallest absolute Gasteiger partial charge is 0.433 e. The van der Waals surface area contributed by atoms with Gasteiger partial charge in [0.1, 0.15) is 19.3 Å². The lowest BCUT2D eigenvalue weighted by Gasteiger charge is -2.07. The molecule has 2 aromatic rings. The molecule has 2 radical (unpaired) electrons. The summed E-state index contributed by atoms with van der Waals surface area (Å²) in [6, 6.07) is 5.64. The highest BCUT2D eigenvalue weighted by molar-refractivity contribution is 6.32. The van der Waals surface area contributed by atoms with Crippen molar-refractivity contribution in [3.8, 4) is 0 Å². The van der Waals surface area contributed by atoms with Gasteiger partial charge in [-0.05, 0) is 24.3 Å². The van der Waals surface area contributed by atoms with Gasteiger partial charge in [-0.3, -0.25) is 0 Å². The molecule has 0 saturated carbocycles. The zero-order valence-corrected chi connectivity index (χ0v) is 10.6. The third kappa shape index (κ3) is 3.98. The van der Waals surface area contributed by atoms with E-state index < -0.39 is 11.9 Å². The zero-order chi connectivity index (χ0) is 15.5. The fourth-order valence-electron chi connectivity index (χ4n) is 1.43. The predicted octanol–water partition coefficient (Wildman–Crippen LogP) is 2.10. The first kappa shape index (κ1) is 14.9. The molecule has 0 saturated heterocycles. The third-order valence-electron chi connectivity index (χ3n) is 2.39. The van der Waals surface area contributed by atoms with Crippen molar-refractivity contribution in [1.29, 1.82) is 0 Å². The van der Waals surface area contributed by atoms with Crippen molar-refractivity contribution >= 4 is 30.5 Å². The molecule has 2 rings (SSSR count). The van der Waals surface area contributed by atoms with Crippen molar-refractivity contribution in [3.05, 3.63) is 48.6 Å². The highest BCUT2D eigenvalue weighted by Gasteiger charge is 2.34. The first-order chi connectivity index (χ1) is 9.86. The fraction of sp³-hybridized carbons (Fsp3) is 0.0769. The highest BCUT2D eigenvalue weighted by atomic mass is 19.4. The van der Waals surface area contributed by atoms with Crippen LogP contribution in [-0.2, 0) is 0 Å². The van der Waals surface area contributed by atoms with Gasteiger partial charge in [0.2, 0.25) is 0 Å². The van der Waals surface area contributed by atoms with Crippen LogP contribution in [0.5, 0.6) is 0 Å². The molecule has 0 unspecified atom stereocenters. The molecule has 0 amide bonds. The summed E-state index contributed by atoms with van der Waals surface area (Å²) < 4.78 is 43.8. The van der Waals surface area contributed by atoms with E-state index >= 15 is 0 Å². The number of aliphatic imine (C=N–C) groups is 1. The maximum absolute atomic E-state index is 13.0. The van der Waals surface area contributed by atoms with Crippen LogP contribution in [0.2, 0.25) is 0 Å². The number of aromatic nitrogens is 1. The molecule has 0 aromatic carbocycles. The van der Waals surface area contributed by atoms with Crippen LogP contribution in [0.25, 0.3) is 5.70 Å². The molecule has 0 aliphatic rings. The van der Waals surface area contributed by atoms with E-state index in [-0.39, 0.29) is 17.3 Å². The number of hydrogen-bond acceptors (Lipinski definition) is 4. The molecule has 106 valence electrons. The summed E-state index contributed by atoms with van der Waals surface area (Å²) in [6.45, 7) is 0. The Morgan fingerprint density at radius 2 is 2.10 bits per heavy atom. The van der Waals surface area contributed by atoms with Crippen molar-refractivity contribution in [1.82, 2.24) is 4.98 Å². The minimum absolute atomic E-state index is 0.122. The van der Waals surface area contributed by atoms with Crippen molar-refractivity contribution in [3.63, 3.8) is 0 Å². The first-order valence-corrected chi connectivity index (χ1v) is 5.75. The Balaban J connectivity index is 2.40. The number of nitrogens with two attached hydrogens (primary N) is 1. The summed E-state index contributed by atoms with van der Waals surface area (Å²) in [5.41, 5.74) is 4.51. The van der Waals surface area contributed by atoms with Gasteiger partial charge in [-0.15, -0.1) is 0 Å². The van der Waals surface area contributed by atoms with E-state index in [0.717, 1.165) is 0 Å². The van der Waals surface area contributed by atoms with Crippen LogP contribution in [0.15, 0.2) is 52.2 Å². The molecule has 0 aliphatic carbocycles. The van der Waals surface area contributed by atoms with E-state index in [4.69, 9.17) is 18.0 Å². The fourth-order valence-corrected chi connectivity index (χ4v) is 1.43. The molecule has 8 heteroatoms. The van der Waals surface area contributed by atoms with E-state index in [1.165, 1.54) is 36.7 Å². The number of pyridine rings is 1. The van der Waals surface area contributed by atoms with Crippen molar-refractivity contribution in [2.75, 3.05) is 0 Å². The van der Waals surface area contributed by atoms with Gasteiger partial charge in [0.15, 0.2) is 5.82 Å². The Labute approximate surface area is 119 Å². The summed E-state index contributed by atoms with van der Waals surface area (Å²) in [4.78, 5) is 7.14. The summed E-state index contributed by atoms with van der Waals surface area (Å²) in [6.07, 6.45) is -1.47.